The van der Waals surface area contributed by atoms with Crippen molar-refractivity contribution in [2.45, 2.75) is 0 Å². The summed E-state index contributed by atoms with van der Waals surface area (Å²) in [6, 6.07) is 12.1. The predicted molar refractivity (Wildman–Crippen MR) is 96.0 cm³/mol. The van der Waals surface area contributed by atoms with E-state index in [-0.39, 0.29) is 0 Å². The fourth-order valence-corrected chi connectivity index (χ4v) is 2.65. The Labute approximate surface area is 141 Å². The monoisotopic (exact) mass is 323 g/mol. The number of piperazine rings is 1. The molecule has 124 valence electrons. The molecule has 6 heteroatoms. The summed E-state index contributed by atoms with van der Waals surface area (Å²) in [5, 5.41) is 3.17. The second-order valence-electron chi connectivity index (χ2n) is 5.60. The molecule has 0 aliphatic carbocycles. The number of carbonyl (C=O) groups excluding carboxylic acids is 1. The first kappa shape index (κ1) is 16.0. The van der Waals surface area contributed by atoms with Gasteiger partial charge in [-0.1, -0.05) is 36.4 Å². The van der Waals surface area contributed by atoms with Crippen LogP contribution in [0.3, 0.4) is 0 Å². The van der Waals surface area contributed by atoms with Crippen LogP contribution < -0.4 is 10.2 Å². The van der Waals surface area contributed by atoms with Crippen LogP contribution in [0, 0.1) is 0 Å². The Balaban J connectivity index is 1.90. The van der Waals surface area contributed by atoms with Gasteiger partial charge < -0.3 is 15.1 Å². The van der Waals surface area contributed by atoms with Crippen LogP contribution in [0.15, 0.2) is 49.1 Å². The van der Waals surface area contributed by atoms with Crippen LogP contribution in [0.2, 0.25) is 0 Å². The van der Waals surface area contributed by atoms with Crippen molar-refractivity contribution < 1.29 is 4.79 Å². The van der Waals surface area contributed by atoms with E-state index < -0.39 is 0 Å². The van der Waals surface area contributed by atoms with E-state index in [1.807, 2.05) is 36.4 Å². The Morgan fingerprint density at radius 1 is 1.12 bits per heavy atom. The van der Waals surface area contributed by atoms with Crippen molar-refractivity contribution in [3.8, 4) is 11.3 Å². The second-order valence-corrected chi connectivity index (χ2v) is 5.60. The summed E-state index contributed by atoms with van der Waals surface area (Å²) in [6.45, 7) is 7.29. The fourth-order valence-electron chi connectivity index (χ4n) is 2.65. The SMILES string of the molecule is C=CCNc1nc(-c2ccccc2)cc(N2CCN(C=O)CC2)n1. The van der Waals surface area contributed by atoms with Gasteiger partial charge in [-0.3, -0.25) is 4.79 Å². The minimum atomic E-state index is 0.587. The van der Waals surface area contributed by atoms with E-state index in [0.717, 1.165) is 36.6 Å². The minimum absolute atomic E-state index is 0.587. The Hall–Kier alpha value is -2.89. The summed E-state index contributed by atoms with van der Waals surface area (Å²) in [7, 11) is 0. The smallest absolute Gasteiger partial charge is 0.225 e. The summed E-state index contributed by atoms with van der Waals surface area (Å²) in [4.78, 5) is 24.1. The van der Waals surface area contributed by atoms with Gasteiger partial charge in [-0.05, 0) is 0 Å². The lowest BCUT2D eigenvalue weighted by Gasteiger charge is -2.33. The zero-order chi connectivity index (χ0) is 16.8. The topological polar surface area (TPSA) is 61.4 Å². The maximum atomic E-state index is 10.9. The molecule has 0 saturated carbocycles. The molecule has 1 aliphatic rings. The highest BCUT2D eigenvalue weighted by Crippen LogP contribution is 2.24. The molecule has 0 atom stereocenters. The number of hydrogen-bond donors (Lipinski definition) is 1. The van der Waals surface area contributed by atoms with Gasteiger partial charge >= 0.3 is 0 Å². The largest absolute Gasteiger partial charge is 0.353 e. The van der Waals surface area contributed by atoms with Gasteiger partial charge in [-0.2, -0.15) is 4.98 Å². The Morgan fingerprint density at radius 3 is 2.54 bits per heavy atom. The van der Waals surface area contributed by atoms with Crippen molar-refractivity contribution in [2.24, 2.45) is 0 Å². The summed E-state index contributed by atoms with van der Waals surface area (Å²) in [6.07, 6.45) is 2.69. The molecule has 1 saturated heterocycles. The predicted octanol–water partition coefficient (Wildman–Crippen LogP) is 2.02. The highest BCUT2D eigenvalue weighted by atomic mass is 16.1. The van der Waals surface area contributed by atoms with E-state index in [9.17, 15) is 4.79 Å². The first-order chi connectivity index (χ1) is 11.8. The van der Waals surface area contributed by atoms with E-state index >= 15 is 0 Å². The molecule has 1 fully saturated rings. The quantitative estimate of drug-likeness (QED) is 0.651. The summed E-state index contributed by atoms with van der Waals surface area (Å²) < 4.78 is 0. The summed E-state index contributed by atoms with van der Waals surface area (Å²) in [5.41, 5.74) is 1.93. The number of amides is 1. The first-order valence-corrected chi connectivity index (χ1v) is 8.03. The van der Waals surface area contributed by atoms with Gasteiger partial charge in [0.25, 0.3) is 0 Å². The molecule has 2 heterocycles. The van der Waals surface area contributed by atoms with E-state index in [4.69, 9.17) is 0 Å². The van der Waals surface area contributed by atoms with Crippen LogP contribution >= 0.6 is 0 Å². The minimum Gasteiger partial charge on any atom is -0.353 e. The number of benzene rings is 1. The van der Waals surface area contributed by atoms with Gasteiger partial charge in [0.15, 0.2) is 0 Å². The van der Waals surface area contributed by atoms with Gasteiger partial charge in [0, 0.05) is 44.4 Å². The maximum absolute atomic E-state index is 10.9. The molecule has 1 aromatic heterocycles. The Bertz CT molecular complexity index is 696. The Morgan fingerprint density at radius 2 is 1.88 bits per heavy atom. The van der Waals surface area contributed by atoms with Crippen LogP contribution in [-0.2, 0) is 4.79 Å². The Kier molecular flexibility index (Phi) is 5.05. The van der Waals surface area contributed by atoms with Crippen LogP contribution in [0.25, 0.3) is 11.3 Å². The second kappa shape index (κ2) is 7.59. The van der Waals surface area contributed by atoms with Crippen molar-refractivity contribution in [1.82, 2.24) is 14.9 Å². The number of carbonyl (C=O) groups is 1. The van der Waals surface area contributed by atoms with Crippen molar-refractivity contribution >= 4 is 18.2 Å². The molecule has 1 aliphatic heterocycles. The molecular weight excluding hydrogens is 302 g/mol. The van der Waals surface area contributed by atoms with Crippen LogP contribution in [0.1, 0.15) is 0 Å². The van der Waals surface area contributed by atoms with Gasteiger partial charge in [0.1, 0.15) is 5.82 Å². The van der Waals surface area contributed by atoms with Gasteiger partial charge in [-0.25, -0.2) is 4.98 Å². The van der Waals surface area contributed by atoms with Crippen LogP contribution in [0.5, 0.6) is 0 Å². The molecule has 0 radical (unpaired) electrons. The molecule has 3 rings (SSSR count). The van der Waals surface area contributed by atoms with E-state index in [0.29, 0.717) is 25.6 Å². The van der Waals surface area contributed by atoms with Crippen LogP contribution in [-0.4, -0.2) is 54.0 Å². The van der Waals surface area contributed by atoms with E-state index in [1.165, 1.54) is 0 Å². The maximum Gasteiger partial charge on any atom is 0.225 e. The molecular formula is C18H21N5O. The first-order valence-electron chi connectivity index (χ1n) is 8.03. The van der Waals surface area contributed by atoms with E-state index in [2.05, 4.69) is 26.8 Å². The van der Waals surface area contributed by atoms with Gasteiger partial charge in [0.2, 0.25) is 12.4 Å². The standard InChI is InChI=1S/C18H21N5O/c1-2-8-19-18-20-16(15-6-4-3-5-7-15)13-17(21-18)23-11-9-22(14-24)10-12-23/h2-7,13-14H,1,8-12H2,(H,19,20,21). The van der Waals surface area contributed by atoms with Gasteiger partial charge in [0.05, 0.1) is 5.69 Å². The molecule has 6 nitrogen and oxygen atoms in total. The number of nitrogens with zero attached hydrogens (tertiary/aromatic N) is 4. The highest BCUT2D eigenvalue weighted by Gasteiger charge is 2.18. The molecule has 0 spiro atoms. The molecule has 2 aromatic rings. The van der Waals surface area contributed by atoms with Crippen molar-refractivity contribution in [3.05, 3.63) is 49.1 Å². The fraction of sp³-hybridized carbons (Fsp3) is 0.278. The van der Waals surface area contributed by atoms with Crippen molar-refractivity contribution in [2.75, 3.05) is 42.9 Å². The lowest BCUT2D eigenvalue weighted by molar-refractivity contribution is -0.118. The number of anilines is 2. The lowest BCUT2D eigenvalue weighted by atomic mass is 10.1. The summed E-state index contributed by atoms with van der Waals surface area (Å²) in [5.74, 6) is 1.46. The third kappa shape index (κ3) is 3.71. The number of hydrogen-bond acceptors (Lipinski definition) is 5. The van der Waals surface area contributed by atoms with E-state index in [1.54, 1.807) is 11.0 Å². The zero-order valence-corrected chi connectivity index (χ0v) is 13.6. The third-order valence-electron chi connectivity index (χ3n) is 3.97. The summed E-state index contributed by atoms with van der Waals surface area (Å²) >= 11 is 0. The van der Waals surface area contributed by atoms with Gasteiger partial charge in [-0.15, -0.1) is 6.58 Å². The average Bonchev–Trinajstić information content (AvgIpc) is 2.67. The molecule has 1 aromatic carbocycles. The molecule has 24 heavy (non-hydrogen) atoms. The third-order valence-corrected chi connectivity index (χ3v) is 3.97. The highest BCUT2D eigenvalue weighted by molar-refractivity contribution is 5.65. The van der Waals surface area contributed by atoms with Crippen molar-refractivity contribution in [1.29, 1.82) is 0 Å². The number of rotatable bonds is 6. The average molecular weight is 323 g/mol. The molecule has 1 N–H and O–H groups in total. The van der Waals surface area contributed by atoms with Crippen LogP contribution in [0.4, 0.5) is 11.8 Å². The number of nitrogens with one attached hydrogen (secondary N) is 1. The number of aromatic nitrogens is 2. The molecule has 1 amide bonds. The molecule has 0 bridgehead atoms. The molecule has 0 unspecified atom stereocenters. The lowest BCUT2D eigenvalue weighted by Crippen LogP contribution is -2.46. The normalized spacial score (nSPS) is 14.3. The zero-order valence-electron chi connectivity index (χ0n) is 13.6. The van der Waals surface area contributed by atoms with Crippen molar-refractivity contribution in [3.63, 3.8) is 0 Å².